The number of hydrogen-bond donors (Lipinski definition) is 0. The van der Waals surface area contributed by atoms with E-state index in [9.17, 15) is 0 Å². The van der Waals surface area contributed by atoms with Gasteiger partial charge in [-0.1, -0.05) is 30.3 Å². The van der Waals surface area contributed by atoms with E-state index in [2.05, 4.69) is 78.2 Å². The molecule has 0 spiro atoms. The third-order valence-corrected chi connectivity index (χ3v) is 5.13. The van der Waals surface area contributed by atoms with Gasteiger partial charge >= 0.3 is 0 Å². The average Bonchev–Trinajstić information content (AvgIpc) is 3.07. The first-order valence-corrected chi connectivity index (χ1v) is 8.83. The SMILES string of the molecule is Cc1ccc2c(c1)[n+]1ccc[c-]c1c1[n-]cc(-c3c(C)cccc3C)[n+]21.[Ir]. The van der Waals surface area contributed by atoms with Crippen molar-refractivity contribution in [3.8, 4) is 11.3 Å². The Morgan fingerprint density at radius 3 is 2.48 bits per heavy atom. The molecule has 0 amide bonds. The van der Waals surface area contributed by atoms with E-state index in [0.717, 1.165) is 27.9 Å². The summed E-state index contributed by atoms with van der Waals surface area (Å²) in [5.41, 5.74) is 10.4. The molecule has 0 fully saturated rings. The fourth-order valence-electron chi connectivity index (χ4n) is 3.95. The summed E-state index contributed by atoms with van der Waals surface area (Å²) >= 11 is 0. The molecule has 3 heterocycles. The van der Waals surface area contributed by atoms with Crippen LogP contribution >= 0.6 is 0 Å². The van der Waals surface area contributed by atoms with Gasteiger partial charge in [0.05, 0.1) is 5.69 Å². The van der Waals surface area contributed by atoms with Crippen LogP contribution in [0.4, 0.5) is 0 Å². The van der Waals surface area contributed by atoms with Gasteiger partial charge in [0.2, 0.25) is 5.52 Å². The van der Waals surface area contributed by atoms with Crippen LogP contribution in [0.5, 0.6) is 0 Å². The first-order chi connectivity index (χ1) is 12.6. The molecule has 2 aromatic carbocycles. The molecule has 0 unspecified atom stereocenters. The molecule has 135 valence electrons. The minimum Gasteiger partial charge on any atom is -0.336 e. The summed E-state index contributed by atoms with van der Waals surface area (Å²) in [6.45, 7) is 6.45. The third-order valence-electron chi connectivity index (χ3n) is 5.13. The van der Waals surface area contributed by atoms with E-state index in [1.165, 1.54) is 22.3 Å². The number of hydrogen-bond acceptors (Lipinski definition) is 0. The van der Waals surface area contributed by atoms with Gasteiger partial charge in [0.15, 0.2) is 0 Å². The Labute approximate surface area is 171 Å². The molecule has 4 heteroatoms. The average molecular weight is 530 g/mol. The first kappa shape index (κ1) is 17.8. The summed E-state index contributed by atoms with van der Waals surface area (Å²) < 4.78 is 4.45. The Kier molecular flexibility index (Phi) is 4.33. The summed E-state index contributed by atoms with van der Waals surface area (Å²) in [6.07, 6.45) is 4.08. The number of aryl methyl sites for hydroxylation is 3. The normalized spacial score (nSPS) is 11.2. The Morgan fingerprint density at radius 1 is 0.926 bits per heavy atom. The Bertz CT molecular complexity index is 1300. The predicted molar refractivity (Wildman–Crippen MR) is 102 cm³/mol. The molecular weight excluding hydrogens is 510 g/mol. The molecule has 0 aliphatic heterocycles. The van der Waals surface area contributed by atoms with Crippen LogP contribution in [0, 0.1) is 26.8 Å². The van der Waals surface area contributed by atoms with Gasteiger partial charge in [-0.3, -0.25) is 4.98 Å². The van der Waals surface area contributed by atoms with Crippen LogP contribution in [-0.2, 0) is 20.1 Å². The Balaban J connectivity index is 0.00000180. The van der Waals surface area contributed by atoms with Crippen molar-refractivity contribution in [2.24, 2.45) is 0 Å². The standard InChI is InChI=1S/C23H19N3.Ir/c1-15-10-11-18-20(13-15)25-12-5-4-9-19(25)23-24-14-21(26(18)23)22-16(2)7-6-8-17(22)3;/h4-8,10-14H,1-3H3;. The van der Waals surface area contributed by atoms with Crippen molar-refractivity contribution < 1.29 is 28.9 Å². The molecular formula is C23H19IrN3. The van der Waals surface area contributed by atoms with Gasteiger partial charge in [-0.2, -0.15) is 10.5 Å². The van der Waals surface area contributed by atoms with Crippen LogP contribution in [0.1, 0.15) is 16.7 Å². The van der Waals surface area contributed by atoms with E-state index in [1.807, 2.05) is 18.3 Å². The number of fused-ring (bicyclic) bond motifs is 6. The van der Waals surface area contributed by atoms with Gasteiger partial charge in [-0.15, -0.1) is 6.07 Å². The van der Waals surface area contributed by atoms with Crippen molar-refractivity contribution in [2.45, 2.75) is 20.8 Å². The van der Waals surface area contributed by atoms with Crippen molar-refractivity contribution in [3.05, 3.63) is 83.7 Å². The van der Waals surface area contributed by atoms with E-state index >= 15 is 0 Å². The van der Waals surface area contributed by atoms with Crippen LogP contribution in [0.25, 0.3) is 33.5 Å². The van der Waals surface area contributed by atoms with Crippen molar-refractivity contribution >= 4 is 22.2 Å². The second-order valence-electron chi connectivity index (χ2n) is 6.93. The molecule has 0 aliphatic rings. The van der Waals surface area contributed by atoms with Crippen LogP contribution in [0.15, 0.2) is 60.9 Å². The van der Waals surface area contributed by atoms with E-state index in [-0.39, 0.29) is 20.1 Å². The van der Waals surface area contributed by atoms with Crippen molar-refractivity contribution in [1.29, 1.82) is 0 Å². The van der Waals surface area contributed by atoms with Gasteiger partial charge in [-0.05, 0) is 43.5 Å². The number of nitrogens with zero attached hydrogens (tertiary/aromatic N) is 3. The van der Waals surface area contributed by atoms with Crippen LogP contribution in [0.2, 0.25) is 0 Å². The smallest absolute Gasteiger partial charge is 0.232 e. The number of benzene rings is 2. The van der Waals surface area contributed by atoms with Crippen LogP contribution in [0.3, 0.4) is 0 Å². The minimum absolute atomic E-state index is 0. The molecule has 0 saturated heterocycles. The quantitative estimate of drug-likeness (QED) is 0.185. The summed E-state index contributed by atoms with van der Waals surface area (Å²) in [7, 11) is 0. The summed E-state index contributed by atoms with van der Waals surface area (Å²) in [5.74, 6) is 0. The topological polar surface area (TPSA) is 22.3 Å². The Hall–Kier alpha value is -2.55. The molecule has 5 aromatic rings. The van der Waals surface area contributed by atoms with Gasteiger partial charge < -0.3 is 4.40 Å². The van der Waals surface area contributed by atoms with Crippen molar-refractivity contribution in [3.63, 3.8) is 0 Å². The second kappa shape index (κ2) is 6.56. The van der Waals surface area contributed by atoms with Crippen molar-refractivity contribution in [2.75, 3.05) is 0 Å². The Morgan fingerprint density at radius 2 is 1.70 bits per heavy atom. The largest absolute Gasteiger partial charge is 0.336 e. The molecule has 0 saturated carbocycles. The zero-order valence-corrected chi connectivity index (χ0v) is 17.8. The fourth-order valence-corrected chi connectivity index (χ4v) is 3.95. The zero-order chi connectivity index (χ0) is 17.8. The molecule has 5 rings (SSSR count). The maximum Gasteiger partial charge on any atom is 0.232 e. The maximum absolute atomic E-state index is 4.79. The summed E-state index contributed by atoms with van der Waals surface area (Å²) in [5, 5.41) is 0. The molecule has 0 atom stereocenters. The first-order valence-electron chi connectivity index (χ1n) is 8.83. The van der Waals surface area contributed by atoms with Crippen LogP contribution in [-0.4, -0.2) is 0 Å². The molecule has 3 aromatic heterocycles. The molecule has 0 N–H and O–H groups in total. The number of aromatic nitrogens is 3. The molecule has 27 heavy (non-hydrogen) atoms. The molecule has 0 bridgehead atoms. The molecule has 1 radical (unpaired) electrons. The predicted octanol–water partition coefficient (Wildman–Crippen LogP) is 3.66. The second-order valence-corrected chi connectivity index (χ2v) is 6.93. The molecule has 0 aliphatic carbocycles. The van der Waals surface area contributed by atoms with Crippen LogP contribution < -0.4 is 13.8 Å². The van der Waals surface area contributed by atoms with E-state index in [0.29, 0.717) is 0 Å². The van der Waals surface area contributed by atoms with Gasteiger partial charge in [-0.25, -0.2) is 0 Å². The fraction of sp³-hybridized carbons (Fsp3) is 0.130. The number of pyridine rings is 1. The summed E-state index contributed by atoms with van der Waals surface area (Å²) in [4.78, 5) is 4.79. The van der Waals surface area contributed by atoms with Gasteiger partial charge in [0.1, 0.15) is 22.9 Å². The maximum atomic E-state index is 4.79. The van der Waals surface area contributed by atoms with E-state index in [4.69, 9.17) is 4.98 Å². The van der Waals surface area contributed by atoms with E-state index < -0.39 is 0 Å². The zero-order valence-electron chi connectivity index (χ0n) is 15.4. The third kappa shape index (κ3) is 2.60. The minimum atomic E-state index is 0. The number of rotatable bonds is 1. The van der Waals surface area contributed by atoms with Gasteiger partial charge in [0, 0.05) is 37.9 Å². The monoisotopic (exact) mass is 530 g/mol. The van der Waals surface area contributed by atoms with E-state index in [1.54, 1.807) is 0 Å². The number of imidazole rings is 1. The van der Waals surface area contributed by atoms with Gasteiger partial charge in [0.25, 0.3) is 0 Å². The van der Waals surface area contributed by atoms with Crippen molar-refractivity contribution in [1.82, 2.24) is 4.98 Å². The molecule has 3 nitrogen and oxygen atoms in total. The summed E-state index contributed by atoms with van der Waals surface area (Å²) in [6, 6.07) is 20.4.